The zero-order valence-corrected chi connectivity index (χ0v) is 13.6. The van der Waals surface area contributed by atoms with Crippen LogP contribution in [-0.4, -0.2) is 62.4 Å². The molecule has 1 heterocycles. The number of ketones is 1. The largest absolute Gasteiger partial charge is 0.293 e. The van der Waals surface area contributed by atoms with Crippen molar-refractivity contribution in [1.29, 1.82) is 0 Å². The highest BCUT2D eigenvalue weighted by Gasteiger charge is 2.24. The van der Waals surface area contributed by atoms with Gasteiger partial charge in [0.05, 0.1) is 12.8 Å². The summed E-state index contributed by atoms with van der Waals surface area (Å²) in [6.45, 7) is 6.38. The van der Waals surface area contributed by atoms with Gasteiger partial charge in [-0.3, -0.25) is 9.69 Å². The SMILES string of the molecule is Cc1ccc(C)c(C(=O)CN2CCN(S(C)(=O)=O)CC2)c1. The molecule has 6 heteroatoms. The third-order valence-corrected chi connectivity index (χ3v) is 5.16. The van der Waals surface area contributed by atoms with Crippen LogP contribution in [0.3, 0.4) is 0 Å². The predicted octanol–water partition coefficient (Wildman–Crippen LogP) is 1.06. The van der Waals surface area contributed by atoms with E-state index in [-0.39, 0.29) is 5.78 Å². The number of piperazine rings is 1. The normalized spacial score (nSPS) is 17.9. The molecule has 0 spiro atoms. The number of hydrogen-bond donors (Lipinski definition) is 0. The van der Waals surface area contributed by atoms with Crippen molar-refractivity contribution in [1.82, 2.24) is 9.21 Å². The van der Waals surface area contributed by atoms with E-state index in [2.05, 4.69) is 0 Å². The summed E-state index contributed by atoms with van der Waals surface area (Å²) in [6, 6.07) is 5.88. The predicted molar refractivity (Wildman–Crippen MR) is 83.1 cm³/mol. The lowest BCUT2D eigenvalue weighted by molar-refractivity contribution is 0.0901. The van der Waals surface area contributed by atoms with Gasteiger partial charge in [0, 0.05) is 31.7 Å². The maximum atomic E-state index is 12.4. The topological polar surface area (TPSA) is 57.7 Å². The molecule has 0 saturated carbocycles. The number of benzene rings is 1. The number of rotatable bonds is 4. The molecule has 1 aliphatic heterocycles. The van der Waals surface area contributed by atoms with Crippen LogP contribution < -0.4 is 0 Å². The van der Waals surface area contributed by atoms with Gasteiger partial charge in [-0.25, -0.2) is 8.42 Å². The Morgan fingerprint density at radius 3 is 2.33 bits per heavy atom. The lowest BCUT2D eigenvalue weighted by Crippen LogP contribution is -2.49. The lowest BCUT2D eigenvalue weighted by Gasteiger charge is -2.32. The van der Waals surface area contributed by atoms with Gasteiger partial charge in [0.25, 0.3) is 0 Å². The first kappa shape index (κ1) is 16.1. The minimum atomic E-state index is -3.12. The molecule has 0 unspecified atom stereocenters. The summed E-state index contributed by atoms with van der Waals surface area (Å²) in [5.74, 6) is 0.101. The Bertz CT molecular complexity index is 632. The van der Waals surface area contributed by atoms with Gasteiger partial charge in [-0.2, -0.15) is 4.31 Å². The van der Waals surface area contributed by atoms with E-state index in [1.54, 1.807) is 0 Å². The van der Waals surface area contributed by atoms with Gasteiger partial charge in [0.2, 0.25) is 10.0 Å². The molecule has 1 fully saturated rings. The van der Waals surface area contributed by atoms with Gasteiger partial charge in [-0.1, -0.05) is 17.7 Å². The number of carbonyl (C=O) groups excluding carboxylic acids is 1. The molecule has 0 radical (unpaired) electrons. The van der Waals surface area contributed by atoms with Crippen molar-refractivity contribution in [2.75, 3.05) is 39.0 Å². The first-order chi connectivity index (χ1) is 9.77. The van der Waals surface area contributed by atoms with Gasteiger partial charge in [-0.05, 0) is 25.5 Å². The van der Waals surface area contributed by atoms with E-state index < -0.39 is 10.0 Å². The Balaban J connectivity index is 1.97. The first-order valence-corrected chi connectivity index (χ1v) is 8.90. The van der Waals surface area contributed by atoms with Crippen LogP contribution in [0.2, 0.25) is 0 Å². The maximum absolute atomic E-state index is 12.4. The van der Waals surface area contributed by atoms with E-state index in [0.29, 0.717) is 32.7 Å². The average Bonchev–Trinajstić information content (AvgIpc) is 2.41. The second kappa shape index (κ2) is 6.25. The highest BCUT2D eigenvalue weighted by molar-refractivity contribution is 7.88. The van der Waals surface area contributed by atoms with Crippen LogP contribution in [0.25, 0.3) is 0 Å². The molecule has 1 saturated heterocycles. The Morgan fingerprint density at radius 2 is 1.76 bits per heavy atom. The third-order valence-electron chi connectivity index (χ3n) is 3.86. The first-order valence-electron chi connectivity index (χ1n) is 7.05. The van der Waals surface area contributed by atoms with E-state index in [1.165, 1.54) is 10.6 Å². The summed E-state index contributed by atoms with van der Waals surface area (Å²) in [6.07, 6.45) is 1.23. The minimum Gasteiger partial charge on any atom is -0.293 e. The molecule has 0 N–H and O–H groups in total. The standard InChI is InChI=1S/C15H22N2O3S/c1-12-4-5-13(2)14(10-12)15(18)11-16-6-8-17(9-7-16)21(3,19)20/h4-5,10H,6-9,11H2,1-3H3. The van der Waals surface area contributed by atoms with E-state index in [1.807, 2.05) is 36.9 Å². The van der Waals surface area contributed by atoms with Gasteiger partial charge < -0.3 is 0 Å². The molecule has 0 amide bonds. The van der Waals surface area contributed by atoms with Crippen molar-refractivity contribution in [3.05, 3.63) is 34.9 Å². The number of aryl methyl sites for hydroxylation is 2. The third kappa shape index (κ3) is 4.12. The quantitative estimate of drug-likeness (QED) is 0.781. The van der Waals surface area contributed by atoms with Crippen LogP contribution in [0.5, 0.6) is 0 Å². The summed E-state index contributed by atoms with van der Waals surface area (Å²) < 4.78 is 24.4. The van der Waals surface area contributed by atoms with Crippen molar-refractivity contribution < 1.29 is 13.2 Å². The molecule has 0 aliphatic carbocycles. The molecule has 0 atom stereocenters. The van der Waals surface area contributed by atoms with Gasteiger partial charge in [0.15, 0.2) is 5.78 Å². The minimum absolute atomic E-state index is 0.101. The zero-order valence-electron chi connectivity index (χ0n) is 12.8. The number of sulfonamides is 1. The second-order valence-electron chi connectivity index (χ2n) is 5.68. The van der Waals surface area contributed by atoms with Crippen molar-refractivity contribution in [3.63, 3.8) is 0 Å². The monoisotopic (exact) mass is 310 g/mol. The molecule has 21 heavy (non-hydrogen) atoms. The molecule has 0 bridgehead atoms. The van der Waals surface area contributed by atoms with Gasteiger partial charge in [0.1, 0.15) is 0 Å². The summed E-state index contributed by atoms with van der Waals surface area (Å²) in [7, 11) is -3.12. The summed E-state index contributed by atoms with van der Waals surface area (Å²) >= 11 is 0. The maximum Gasteiger partial charge on any atom is 0.211 e. The van der Waals surface area contributed by atoms with Crippen LogP contribution in [0.1, 0.15) is 21.5 Å². The van der Waals surface area contributed by atoms with Crippen molar-refractivity contribution in [3.8, 4) is 0 Å². The molecular weight excluding hydrogens is 288 g/mol. The Labute approximate surface area is 126 Å². The second-order valence-corrected chi connectivity index (χ2v) is 7.66. The van der Waals surface area contributed by atoms with Gasteiger partial charge in [-0.15, -0.1) is 0 Å². The highest BCUT2D eigenvalue weighted by atomic mass is 32.2. The van der Waals surface area contributed by atoms with E-state index in [4.69, 9.17) is 0 Å². The average molecular weight is 310 g/mol. The van der Waals surface area contributed by atoms with Crippen LogP contribution in [0, 0.1) is 13.8 Å². The van der Waals surface area contributed by atoms with Crippen LogP contribution >= 0.6 is 0 Å². The van der Waals surface area contributed by atoms with Crippen molar-refractivity contribution in [2.24, 2.45) is 0 Å². The van der Waals surface area contributed by atoms with Crippen molar-refractivity contribution in [2.45, 2.75) is 13.8 Å². The molecule has 5 nitrogen and oxygen atoms in total. The Hall–Kier alpha value is -1.24. The number of carbonyl (C=O) groups is 1. The van der Waals surface area contributed by atoms with E-state index in [9.17, 15) is 13.2 Å². The fourth-order valence-electron chi connectivity index (χ4n) is 2.54. The number of hydrogen-bond acceptors (Lipinski definition) is 4. The molecule has 1 aromatic rings. The Kier molecular flexibility index (Phi) is 4.81. The zero-order chi connectivity index (χ0) is 15.6. The van der Waals surface area contributed by atoms with Crippen LogP contribution in [0.4, 0.5) is 0 Å². The van der Waals surface area contributed by atoms with Crippen molar-refractivity contribution >= 4 is 15.8 Å². The van der Waals surface area contributed by atoms with Crippen LogP contribution in [0.15, 0.2) is 18.2 Å². The smallest absolute Gasteiger partial charge is 0.211 e. The molecule has 0 aromatic heterocycles. The molecule has 1 aromatic carbocycles. The fourth-order valence-corrected chi connectivity index (χ4v) is 3.37. The van der Waals surface area contributed by atoms with E-state index in [0.717, 1.165) is 16.7 Å². The molecule has 1 aliphatic rings. The summed E-state index contributed by atoms with van der Waals surface area (Å²) in [4.78, 5) is 14.4. The number of nitrogens with zero attached hydrogens (tertiary/aromatic N) is 2. The van der Waals surface area contributed by atoms with E-state index >= 15 is 0 Å². The molecule has 116 valence electrons. The summed E-state index contributed by atoms with van der Waals surface area (Å²) in [5.41, 5.74) is 2.83. The summed E-state index contributed by atoms with van der Waals surface area (Å²) in [5, 5.41) is 0. The van der Waals surface area contributed by atoms with Crippen LogP contribution in [-0.2, 0) is 10.0 Å². The fraction of sp³-hybridized carbons (Fsp3) is 0.533. The number of Topliss-reactive ketones (excluding diaryl/α,β-unsaturated/α-hetero) is 1. The Morgan fingerprint density at radius 1 is 1.14 bits per heavy atom. The molecule has 2 rings (SSSR count). The molecular formula is C15H22N2O3S. The highest BCUT2D eigenvalue weighted by Crippen LogP contribution is 2.13. The lowest BCUT2D eigenvalue weighted by atomic mass is 10.0. The van der Waals surface area contributed by atoms with Gasteiger partial charge >= 0.3 is 0 Å².